The molecule has 0 saturated heterocycles. The smallest absolute Gasteiger partial charge is 0.123 e. The second-order valence-corrected chi connectivity index (χ2v) is 5.13. The number of hydrogen-bond donors (Lipinski definition) is 1. The molecule has 0 aromatic heterocycles. The molecule has 0 radical (unpaired) electrons. The summed E-state index contributed by atoms with van der Waals surface area (Å²) in [5.74, 6) is 1.57. The Kier molecular flexibility index (Phi) is 4.34. The molecule has 0 spiro atoms. The van der Waals surface area contributed by atoms with E-state index in [0.717, 1.165) is 12.0 Å². The van der Waals surface area contributed by atoms with E-state index in [1.54, 1.807) is 12.1 Å². The van der Waals surface area contributed by atoms with Crippen molar-refractivity contribution in [2.24, 2.45) is 17.8 Å². The Labute approximate surface area is 97.9 Å². The highest BCUT2D eigenvalue weighted by atomic mass is 19.1. The summed E-state index contributed by atoms with van der Waals surface area (Å²) in [7, 11) is 0. The highest BCUT2D eigenvalue weighted by Gasteiger charge is 2.17. The first-order valence-corrected chi connectivity index (χ1v) is 5.95. The number of halogens is 1. The topological polar surface area (TPSA) is 26.0 Å². The van der Waals surface area contributed by atoms with E-state index in [9.17, 15) is 4.39 Å². The van der Waals surface area contributed by atoms with Crippen LogP contribution in [0.1, 0.15) is 33.3 Å². The number of hydrogen-bond acceptors (Lipinski definition) is 1. The molecule has 1 aromatic rings. The number of benzene rings is 1. The van der Waals surface area contributed by atoms with E-state index in [2.05, 4.69) is 27.7 Å². The molecule has 0 aliphatic carbocycles. The third-order valence-electron chi connectivity index (χ3n) is 3.60. The van der Waals surface area contributed by atoms with Crippen LogP contribution in [0.2, 0.25) is 0 Å². The van der Waals surface area contributed by atoms with Crippen LogP contribution in [0, 0.1) is 23.6 Å². The van der Waals surface area contributed by atoms with Crippen molar-refractivity contribution in [3.63, 3.8) is 0 Å². The van der Waals surface area contributed by atoms with Gasteiger partial charge in [-0.3, -0.25) is 0 Å². The average molecular weight is 223 g/mol. The molecule has 0 aliphatic rings. The lowest BCUT2D eigenvalue weighted by atomic mass is 9.82. The molecule has 0 aliphatic heterocycles. The SMILES string of the molecule is CC(C)[C@@H](C)C(C)Cc1cc(F)ccc1N. The number of nitrogens with two attached hydrogens (primary N) is 1. The minimum atomic E-state index is -0.200. The van der Waals surface area contributed by atoms with E-state index in [1.165, 1.54) is 6.07 Å². The van der Waals surface area contributed by atoms with Crippen LogP contribution in [-0.2, 0) is 6.42 Å². The zero-order valence-corrected chi connectivity index (χ0v) is 10.6. The van der Waals surface area contributed by atoms with Crippen molar-refractivity contribution in [2.45, 2.75) is 34.1 Å². The maximum atomic E-state index is 13.1. The van der Waals surface area contributed by atoms with Gasteiger partial charge < -0.3 is 5.73 Å². The molecule has 0 heterocycles. The summed E-state index contributed by atoms with van der Waals surface area (Å²) in [6.45, 7) is 8.88. The van der Waals surface area contributed by atoms with Gasteiger partial charge in [0.25, 0.3) is 0 Å². The van der Waals surface area contributed by atoms with Gasteiger partial charge in [-0.25, -0.2) is 4.39 Å². The first kappa shape index (κ1) is 13.0. The molecule has 1 nitrogen and oxygen atoms in total. The van der Waals surface area contributed by atoms with Crippen LogP contribution in [0.5, 0.6) is 0 Å². The van der Waals surface area contributed by atoms with Crippen LogP contribution in [0.3, 0.4) is 0 Å². The molecule has 90 valence electrons. The predicted octanol–water partition coefficient (Wildman–Crippen LogP) is 3.88. The molecule has 2 heteroatoms. The van der Waals surface area contributed by atoms with E-state index in [0.29, 0.717) is 23.4 Å². The zero-order valence-electron chi connectivity index (χ0n) is 10.6. The fourth-order valence-electron chi connectivity index (χ4n) is 1.94. The fraction of sp³-hybridized carbons (Fsp3) is 0.571. The third-order valence-corrected chi connectivity index (χ3v) is 3.60. The maximum Gasteiger partial charge on any atom is 0.123 e. The highest BCUT2D eigenvalue weighted by molar-refractivity contribution is 5.46. The molecule has 0 amide bonds. The van der Waals surface area contributed by atoms with Gasteiger partial charge in [0.15, 0.2) is 0 Å². The molecule has 1 rings (SSSR count). The summed E-state index contributed by atoms with van der Waals surface area (Å²) in [4.78, 5) is 0. The van der Waals surface area contributed by atoms with Crippen molar-refractivity contribution >= 4 is 5.69 Å². The van der Waals surface area contributed by atoms with E-state index < -0.39 is 0 Å². The Balaban J connectivity index is 2.76. The molecule has 2 N–H and O–H groups in total. The standard InChI is InChI=1S/C14H22FN/c1-9(2)11(4)10(3)7-12-8-13(15)5-6-14(12)16/h5-6,8-11H,7,16H2,1-4H3/t10?,11-/m1/s1. The van der Waals surface area contributed by atoms with Crippen molar-refractivity contribution in [1.29, 1.82) is 0 Å². The molecule has 1 unspecified atom stereocenters. The molecule has 1 aromatic carbocycles. The Morgan fingerprint density at radius 2 is 1.81 bits per heavy atom. The summed E-state index contributed by atoms with van der Waals surface area (Å²) >= 11 is 0. The van der Waals surface area contributed by atoms with E-state index in [-0.39, 0.29) is 5.82 Å². The van der Waals surface area contributed by atoms with Crippen LogP contribution in [-0.4, -0.2) is 0 Å². The average Bonchev–Trinajstić information content (AvgIpc) is 2.22. The van der Waals surface area contributed by atoms with Gasteiger partial charge in [-0.2, -0.15) is 0 Å². The monoisotopic (exact) mass is 223 g/mol. The summed E-state index contributed by atoms with van der Waals surface area (Å²) < 4.78 is 13.1. The van der Waals surface area contributed by atoms with Gasteiger partial charge in [0.1, 0.15) is 5.82 Å². The molecule has 0 saturated carbocycles. The van der Waals surface area contributed by atoms with Gasteiger partial charge in [-0.15, -0.1) is 0 Å². The third kappa shape index (κ3) is 3.22. The summed E-state index contributed by atoms with van der Waals surface area (Å²) in [6.07, 6.45) is 0.850. The minimum absolute atomic E-state index is 0.200. The summed E-state index contributed by atoms with van der Waals surface area (Å²) in [5, 5.41) is 0. The Morgan fingerprint density at radius 1 is 1.19 bits per heavy atom. The van der Waals surface area contributed by atoms with Gasteiger partial charge in [0.05, 0.1) is 0 Å². The first-order chi connectivity index (χ1) is 7.41. The van der Waals surface area contributed by atoms with Crippen LogP contribution in [0.25, 0.3) is 0 Å². The van der Waals surface area contributed by atoms with Crippen molar-refractivity contribution < 1.29 is 4.39 Å². The van der Waals surface area contributed by atoms with Gasteiger partial charge in [0, 0.05) is 5.69 Å². The van der Waals surface area contributed by atoms with Crippen molar-refractivity contribution in [2.75, 3.05) is 5.73 Å². The highest BCUT2D eigenvalue weighted by Crippen LogP contribution is 2.26. The van der Waals surface area contributed by atoms with Gasteiger partial charge in [-0.1, -0.05) is 27.7 Å². The van der Waals surface area contributed by atoms with Gasteiger partial charge in [-0.05, 0) is 47.9 Å². The lowest BCUT2D eigenvalue weighted by Crippen LogP contribution is -2.17. The van der Waals surface area contributed by atoms with Gasteiger partial charge in [0.2, 0.25) is 0 Å². The Hall–Kier alpha value is -1.05. The maximum absolute atomic E-state index is 13.1. The van der Waals surface area contributed by atoms with Crippen LogP contribution >= 0.6 is 0 Å². The number of nitrogen functional groups attached to an aromatic ring is 1. The minimum Gasteiger partial charge on any atom is -0.399 e. The van der Waals surface area contributed by atoms with Crippen molar-refractivity contribution in [3.8, 4) is 0 Å². The zero-order chi connectivity index (χ0) is 12.3. The number of anilines is 1. The molecule has 0 bridgehead atoms. The van der Waals surface area contributed by atoms with E-state index in [4.69, 9.17) is 5.73 Å². The number of rotatable bonds is 4. The Bertz CT molecular complexity index is 347. The fourth-order valence-corrected chi connectivity index (χ4v) is 1.94. The molecule has 0 fully saturated rings. The largest absolute Gasteiger partial charge is 0.399 e. The first-order valence-electron chi connectivity index (χ1n) is 5.95. The lowest BCUT2D eigenvalue weighted by molar-refractivity contribution is 0.295. The Morgan fingerprint density at radius 3 is 2.38 bits per heavy atom. The predicted molar refractivity (Wildman–Crippen MR) is 67.7 cm³/mol. The summed E-state index contributed by atoms with van der Waals surface area (Å²) in [6, 6.07) is 4.62. The molecule has 16 heavy (non-hydrogen) atoms. The molecular weight excluding hydrogens is 201 g/mol. The van der Waals surface area contributed by atoms with Gasteiger partial charge >= 0.3 is 0 Å². The quantitative estimate of drug-likeness (QED) is 0.770. The van der Waals surface area contributed by atoms with Crippen LogP contribution in [0.15, 0.2) is 18.2 Å². The van der Waals surface area contributed by atoms with E-state index in [1.807, 2.05) is 0 Å². The van der Waals surface area contributed by atoms with Crippen molar-refractivity contribution in [3.05, 3.63) is 29.6 Å². The molecular formula is C14H22FN. The second kappa shape index (κ2) is 5.33. The van der Waals surface area contributed by atoms with Crippen LogP contribution < -0.4 is 5.73 Å². The normalized spacial score (nSPS) is 15.1. The summed E-state index contributed by atoms with van der Waals surface area (Å²) in [5.41, 5.74) is 7.48. The van der Waals surface area contributed by atoms with E-state index >= 15 is 0 Å². The van der Waals surface area contributed by atoms with Crippen molar-refractivity contribution in [1.82, 2.24) is 0 Å². The van der Waals surface area contributed by atoms with Crippen LogP contribution in [0.4, 0.5) is 10.1 Å². The molecule has 2 atom stereocenters. The second-order valence-electron chi connectivity index (χ2n) is 5.13. The lowest BCUT2D eigenvalue weighted by Gasteiger charge is -2.24.